The van der Waals surface area contributed by atoms with E-state index in [4.69, 9.17) is 13.8 Å². The van der Waals surface area contributed by atoms with Gasteiger partial charge in [0.2, 0.25) is 0 Å². The Hall–Kier alpha value is -3.35. The zero-order chi connectivity index (χ0) is 27.0. The summed E-state index contributed by atoms with van der Waals surface area (Å²) >= 11 is 0. The van der Waals surface area contributed by atoms with Gasteiger partial charge < -0.3 is 19.5 Å². The van der Waals surface area contributed by atoms with E-state index in [9.17, 15) is 29.2 Å². The van der Waals surface area contributed by atoms with E-state index in [1.807, 2.05) is 4.98 Å². The van der Waals surface area contributed by atoms with Gasteiger partial charge in [0.25, 0.3) is 5.56 Å². The van der Waals surface area contributed by atoms with Crippen molar-refractivity contribution < 1.29 is 37.7 Å². The van der Waals surface area contributed by atoms with Crippen LogP contribution in [0.1, 0.15) is 20.1 Å². The Balaban J connectivity index is 1.59. The van der Waals surface area contributed by atoms with Crippen LogP contribution in [0.25, 0.3) is 10.8 Å². The third-order valence-corrected chi connectivity index (χ3v) is 7.52. The van der Waals surface area contributed by atoms with Crippen molar-refractivity contribution in [1.29, 1.82) is 0 Å². The molecule has 1 aliphatic rings. The van der Waals surface area contributed by atoms with Crippen molar-refractivity contribution in [2.24, 2.45) is 0 Å². The molecular weight excluding hydrogens is 512 g/mol. The molecule has 0 saturated carbocycles. The molecule has 2 unspecified atom stereocenters. The third-order valence-electron chi connectivity index (χ3n) is 5.89. The molecule has 12 nitrogen and oxygen atoms in total. The van der Waals surface area contributed by atoms with Crippen LogP contribution < -0.4 is 20.9 Å². The summed E-state index contributed by atoms with van der Waals surface area (Å²) in [5.74, 6) is -1.22. The zero-order valence-electron chi connectivity index (χ0n) is 19.7. The summed E-state index contributed by atoms with van der Waals surface area (Å²) in [6, 6.07) is 11.6. The number of carbonyl (C=O) groups is 1. The average Bonchev–Trinajstić information content (AvgIpc) is 3.06. The first-order valence-corrected chi connectivity index (χ1v) is 12.7. The molecule has 0 bridgehead atoms. The van der Waals surface area contributed by atoms with Crippen LogP contribution in [-0.2, 0) is 18.6 Å². The Morgan fingerprint density at radius 2 is 1.97 bits per heavy atom. The number of rotatable bonds is 9. The number of nitrogens with zero attached hydrogens (tertiary/aromatic N) is 1. The number of aliphatic hydroxyl groups is 1. The minimum atomic E-state index is -4.46. The average molecular weight is 537 g/mol. The van der Waals surface area contributed by atoms with Crippen molar-refractivity contribution >= 4 is 24.5 Å². The Bertz CT molecular complexity index is 1470. The molecule has 1 aromatic heterocycles. The normalized spacial score (nSPS) is 26.0. The summed E-state index contributed by atoms with van der Waals surface area (Å²) < 4.78 is 46.3. The second-order valence-electron chi connectivity index (χ2n) is 8.72. The van der Waals surface area contributed by atoms with Gasteiger partial charge in [-0.15, -0.1) is 0 Å². The number of carboxylic acids is 1. The van der Waals surface area contributed by atoms with Gasteiger partial charge in [0.15, 0.2) is 12.4 Å². The molecular formula is C23H25FN3O9P. The lowest BCUT2D eigenvalue weighted by Crippen LogP contribution is -2.45. The first kappa shape index (κ1) is 26.7. The maximum Gasteiger partial charge on any atom is 0.459 e. The molecule has 1 saturated heterocycles. The molecule has 3 aromatic rings. The van der Waals surface area contributed by atoms with Gasteiger partial charge in [-0.05, 0) is 25.3 Å². The van der Waals surface area contributed by atoms with Gasteiger partial charge in [0.1, 0.15) is 23.5 Å². The Kier molecular flexibility index (Phi) is 7.36. The van der Waals surface area contributed by atoms with Gasteiger partial charge in [-0.2, -0.15) is 5.09 Å². The SMILES string of the molecule is CC(NP(=O)(OC[C@H]1O[C@@H](n2ccc(=O)[nH]c2=O)[C@](C)(O)[C@@H]1F)Oc1cccc2ccccc12)C(=O)O. The molecule has 4 rings (SSSR count). The standard InChI is InChI=1S/C23H25FN3O9P/c1-13(20(29)30)26-37(33,36-16-9-5-7-14-6-3-4-8-15(14)16)34-12-17-19(24)23(2,32)21(35-17)27-11-10-18(28)25-22(27)31/h3-11,13,17,19,21,32H,12H2,1-2H3,(H,26,33)(H,29,30)(H,25,28,31)/t13?,17-,19-,21-,23-,37?/m1/s1. The lowest BCUT2D eigenvalue weighted by atomic mass is 9.98. The van der Waals surface area contributed by atoms with E-state index in [2.05, 4.69) is 5.09 Å². The zero-order valence-corrected chi connectivity index (χ0v) is 20.6. The van der Waals surface area contributed by atoms with E-state index in [1.165, 1.54) is 13.0 Å². The van der Waals surface area contributed by atoms with Crippen LogP contribution in [0.2, 0.25) is 0 Å². The number of halogens is 1. The number of carboxylic acid groups (broad SMARTS) is 1. The number of hydrogen-bond acceptors (Lipinski definition) is 8. The maximum absolute atomic E-state index is 15.2. The number of aromatic amines is 1. The summed E-state index contributed by atoms with van der Waals surface area (Å²) in [5, 5.41) is 23.7. The number of aliphatic carboxylic acids is 1. The van der Waals surface area contributed by atoms with Crippen LogP contribution in [0.15, 0.2) is 64.3 Å². The lowest BCUT2D eigenvalue weighted by Gasteiger charge is -2.26. The van der Waals surface area contributed by atoms with Crippen molar-refractivity contribution in [3.05, 3.63) is 75.6 Å². The van der Waals surface area contributed by atoms with Crippen LogP contribution in [0.3, 0.4) is 0 Å². The second-order valence-corrected chi connectivity index (χ2v) is 10.4. The third kappa shape index (κ3) is 5.50. The van der Waals surface area contributed by atoms with E-state index < -0.39 is 61.7 Å². The largest absolute Gasteiger partial charge is 0.480 e. The topological polar surface area (TPSA) is 169 Å². The Morgan fingerprint density at radius 1 is 1.27 bits per heavy atom. The smallest absolute Gasteiger partial charge is 0.459 e. The summed E-state index contributed by atoms with van der Waals surface area (Å²) in [4.78, 5) is 37.0. The molecule has 6 atom stereocenters. The predicted molar refractivity (Wildman–Crippen MR) is 129 cm³/mol. The predicted octanol–water partition coefficient (Wildman–Crippen LogP) is 1.94. The molecule has 37 heavy (non-hydrogen) atoms. The van der Waals surface area contributed by atoms with E-state index in [-0.39, 0.29) is 5.75 Å². The molecule has 14 heteroatoms. The van der Waals surface area contributed by atoms with Crippen molar-refractivity contribution in [1.82, 2.24) is 14.6 Å². The fourth-order valence-electron chi connectivity index (χ4n) is 3.93. The highest BCUT2D eigenvalue weighted by Crippen LogP contribution is 2.48. The highest BCUT2D eigenvalue weighted by Gasteiger charge is 2.55. The summed E-state index contributed by atoms with van der Waals surface area (Å²) in [5.41, 5.74) is -3.87. The van der Waals surface area contributed by atoms with Crippen molar-refractivity contribution in [2.75, 3.05) is 6.61 Å². The molecule has 2 heterocycles. The van der Waals surface area contributed by atoms with E-state index in [0.29, 0.717) is 5.39 Å². The molecule has 4 N–H and O–H groups in total. The van der Waals surface area contributed by atoms with Crippen LogP contribution in [0.4, 0.5) is 4.39 Å². The number of nitrogens with one attached hydrogen (secondary N) is 2. The number of fused-ring (bicyclic) bond motifs is 1. The number of ether oxygens (including phenoxy) is 1. The number of hydrogen-bond donors (Lipinski definition) is 4. The highest BCUT2D eigenvalue weighted by atomic mass is 31.2. The maximum atomic E-state index is 15.2. The van der Waals surface area contributed by atoms with Gasteiger partial charge >= 0.3 is 19.4 Å². The van der Waals surface area contributed by atoms with Crippen molar-refractivity contribution in [3.8, 4) is 5.75 Å². The summed E-state index contributed by atoms with van der Waals surface area (Å²) in [6.07, 6.45) is -4.17. The quantitative estimate of drug-likeness (QED) is 0.296. The molecule has 0 aliphatic carbocycles. The molecule has 1 aliphatic heterocycles. The number of H-pyrrole nitrogens is 1. The molecule has 0 spiro atoms. The van der Waals surface area contributed by atoms with Gasteiger partial charge in [-0.1, -0.05) is 36.4 Å². The van der Waals surface area contributed by atoms with Gasteiger partial charge in [-0.25, -0.2) is 13.8 Å². The van der Waals surface area contributed by atoms with Crippen molar-refractivity contribution in [3.63, 3.8) is 0 Å². The molecule has 0 radical (unpaired) electrons. The van der Waals surface area contributed by atoms with Crippen molar-refractivity contribution in [2.45, 2.75) is 44.0 Å². The molecule has 2 aromatic carbocycles. The van der Waals surface area contributed by atoms with Crippen LogP contribution in [-0.4, -0.2) is 56.3 Å². The number of aromatic nitrogens is 2. The second kappa shape index (κ2) is 10.2. The molecule has 0 amide bonds. The minimum Gasteiger partial charge on any atom is -0.480 e. The number of benzene rings is 2. The summed E-state index contributed by atoms with van der Waals surface area (Å²) in [7, 11) is -4.46. The first-order valence-electron chi connectivity index (χ1n) is 11.2. The van der Waals surface area contributed by atoms with Crippen LogP contribution in [0.5, 0.6) is 5.75 Å². The Labute approximate surface area is 209 Å². The van der Waals surface area contributed by atoms with Crippen LogP contribution >= 0.6 is 7.75 Å². The highest BCUT2D eigenvalue weighted by molar-refractivity contribution is 7.52. The van der Waals surface area contributed by atoms with Gasteiger partial charge in [0, 0.05) is 17.6 Å². The van der Waals surface area contributed by atoms with E-state index >= 15 is 4.39 Å². The number of alkyl halides is 1. The first-order chi connectivity index (χ1) is 17.4. The fourth-order valence-corrected chi connectivity index (χ4v) is 5.45. The molecule has 1 fully saturated rings. The Morgan fingerprint density at radius 3 is 2.68 bits per heavy atom. The summed E-state index contributed by atoms with van der Waals surface area (Å²) in [6.45, 7) is 1.57. The minimum absolute atomic E-state index is 0.125. The van der Waals surface area contributed by atoms with E-state index in [0.717, 1.165) is 29.1 Å². The lowest BCUT2D eigenvalue weighted by molar-refractivity contribution is -0.138. The van der Waals surface area contributed by atoms with Crippen LogP contribution in [0, 0.1) is 0 Å². The fraction of sp³-hybridized carbons (Fsp3) is 0.348. The monoisotopic (exact) mass is 537 g/mol. The van der Waals surface area contributed by atoms with Gasteiger partial charge in [0.05, 0.1) is 6.61 Å². The molecule has 198 valence electrons. The van der Waals surface area contributed by atoms with Gasteiger partial charge in [-0.3, -0.25) is 23.7 Å². The van der Waals surface area contributed by atoms with E-state index in [1.54, 1.807) is 36.4 Å².